The maximum absolute atomic E-state index is 12.4. The van der Waals surface area contributed by atoms with Gasteiger partial charge in [0.05, 0.1) is 18.2 Å². The van der Waals surface area contributed by atoms with Crippen LogP contribution in [-0.4, -0.2) is 17.4 Å². The summed E-state index contributed by atoms with van der Waals surface area (Å²) in [5.41, 5.74) is 5.49. The second-order valence-corrected chi connectivity index (χ2v) is 5.45. The molecule has 1 aromatic rings. The molecule has 1 aliphatic carbocycles. The number of aryl methyl sites for hydroxylation is 1. The molecule has 0 bridgehead atoms. The lowest BCUT2D eigenvalue weighted by Crippen LogP contribution is -2.45. The van der Waals surface area contributed by atoms with Crippen molar-refractivity contribution in [2.75, 3.05) is 6.54 Å². The monoisotopic (exact) mass is 265 g/mol. The van der Waals surface area contributed by atoms with Crippen molar-refractivity contribution in [1.29, 1.82) is 0 Å². The van der Waals surface area contributed by atoms with E-state index in [-0.39, 0.29) is 5.91 Å². The van der Waals surface area contributed by atoms with Crippen molar-refractivity contribution in [3.8, 4) is 0 Å². The topological polar surface area (TPSA) is 81.2 Å². The minimum atomic E-state index is -0.391. The van der Waals surface area contributed by atoms with E-state index in [1.807, 2.05) is 6.92 Å². The average Bonchev–Trinajstić information content (AvgIpc) is 2.69. The molecule has 106 valence electrons. The first-order chi connectivity index (χ1) is 9.16. The van der Waals surface area contributed by atoms with E-state index in [4.69, 9.17) is 10.2 Å². The summed E-state index contributed by atoms with van der Waals surface area (Å²) < 4.78 is 5.36. The number of rotatable bonds is 4. The number of carbonyl (C=O) groups is 1. The van der Waals surface area contributed by atoms with E-state index in [0.717, 1.165) is 31.4 Å². The number of hydrogen-bond donors (Lipinski definition) is 2. The molecule has 2 rings (SSSR count). The summed E-state index contributed by atoms with van der Waals surface area (Å²) in [4.78, 5) is 16.5. The minimum absolute atomic E-state index is 0.0488. The zero-order valence-corrected chi connectivity index (χ0v) is 11.6. The molecule has 1 fully saturated rings. The van der Waals surface area contributed by atoms with Gasteiger partial charge in [-0.1, -0.05) is 25.7 Å². The average molecular weight is 265 g/mol. The van der Waals surface area contributed by atoms with E-state index >= 15 is 0 Å². The van der Waals surface area contributed by atoms with E-state index in [1.54, 1.807) is 6.20 Å². The van der Waals surface area contributed by atoms with Crippen molar-refractivity contribution in [3.63, 3.8) is 0 Å². The third-order valence-corrected chi connectivity index (χ3v) is 4.00. The van der Waals surface area contributed by atoms with Gasteiger partial charge < -0.3 is 15.5 Å². The molecule has 1 saturated carbocycles. The molecule has 3 N–H and O–H groups in total. The molecule has 1 amide bonds. The fourth-order valence-corrected chi connectivity index (χ4v) is 2.76. The highest BCUT2D eigenvalue weighted by Crippen LogP contribution is 2.34. The van der Waals surface area contributed by atoms with Crippen LogP contribution in [0, 0.1) is 12.3 Å². The lowest BCUT2D eigenvalue weighted by Gasteiger charge is -2.29. The predicted octanol–water partition coefficient (Wildman–Crippen LogP) is 1.90. The molecule has 0 atom stereocenters. The van der Waals surface area contributed by atoms with Crippen LogP contribution in [0.4, 0.5) is 0 Å². The smallest absolute Gasteiger partial charge is 0.227 e. The van der Waals surface area contributed by atoms with Gasteiger partial charge in [0, 0.05) is 6.54 Å². The number of nitrogens with zero attached hydrogens (tertiary/aromatic N) is 1. The Kier molecular flexibility index (Phi) is 4.58. The molecule has 19 heavy (non-hydrogen) atoms. The number of aromatic nitrogens is 1. The van der Waals surface area contributed by atoms with Crippen LogP contribution in [0.25, 0.3) is 0 Å². The summed E-state index contributed by atoms with van der Waals surface area (Å²) in [5, 5.41) is 2.93. The van der Waals surface area contributed by atoms with Gasteiger partial charge in [-0.05, 0) is 19.8 Å². The van der Waals surface area contributed by atoms with Crippen LogP contribution in [0.2, 0.25) is 0 Å². The van der Waals surface area contributed by atoms with Crippen LogP contribution in [0.5, 0.6) is 0 Å². The molecular weight excluding hydrogens is 242 g/mol. The SMILES string of the molecule is Cc1cnc(CNC(=O)C2(CN)CCCCCC2)o1. The van der Waals surface area contributed by atoms with Gasteiger partial charge in [0.2, 0.25) is 11.8 Å². The van der Waals surface area contributed by atoms with Gasteiger partial charge in [-0.3, -0.25) is 4.79 Å². The highest BCUT2D eigenvalue weighted by atomic mass is 16.4. The molecule has 0 aliphatic heterocycles. The third kappa shape index (κ3) is 3.35. The maximum atomic E-state index is 12.4. The number of nitrogens with one attached hydrogen (secondary N) is 1. The maximum Gasteiger partial charge on any atom is 0.227 e. The van der Waals surface area contributed by atoms with Gasteiger partial charge in [0.15, 0.2) is 0 Å². The van der Waals surface area contributed by atoms with Crippen molar-refractivity contribution in [1.82, 2.24) is 10.3 Å². The number of amides is 1. The van der Waals surface area contributed by atoms with Crippen LogP contribution >= 0.6 is 0 Å². The molecular formula is C14H23N3O2. The Hall–Kier alpha value is -1.36. The van der Waals surface area contributed by atoms with Crippen LogP contribution < -0.4 is 11.1 Å². The minimum Gasteiger partial charge on any atom is -0.444 e. The Morgan fingerprint density at radius 1 is 1.42 bits per heavy atom. The summed E-state index contributed by atoms with van der Waals surface area (Å²) >= 11 is 0. The van der Waals surface area contributed by atoms with Crippen molar-refractivity contribution in [2.45, 2.75) is 52.0 Å². The van der Waals surface area contributed by atoms with Gasteiger partial charge in [-0.25, -0.2) is 4.98 Å². The van der Waals surface area contributed by atoms with Crippen molar-refractivity contribution in [2.24, 2.45) is 11.1 Å². The number of nitrogens with two attached hydrogens (primary N) is 1. The standard InChI is InChI=1S/C14H23N3O2/c1-11-8-16-12(19-11)9-17-13(18)14(10-15)6-4-2-3-5-7-14/h8H,2-7,9-10,15H2,1H3,(H,17,18). The van der Waals surface area contributed by atoms with E-state index in [1.165, 1.54) is 12.8 Å². The fourth-order valence-electron chi connectivity index (χ4n) is 2.76. The Morgan fingerprint density at radius 3 is 2.63 bits per heavy atom. The molecule has 0 saturated heterocycles. The second-order valence-electron chi connectivity index (χ2n) is 5.45. The lowest BCUT2D eigenvalue weighted by atomic mass is 9.79. The Labute approximate surface area is 114 Å². The van der Waals surface area contributed by atoms with E-state index in [9.17, 15) is 4.79 Å². The molecule has 1 aromatic heterocycles. The summed E-state index contributed by atoms with van der Waals surface area (Å²) in [6, 6.07) is 0. The highest BCUT2D eigenvalue weighted by Gasteiger charge is 2.37. The molecule has 0 unspecified atom stereocenters. The number of oxazole rings is 1. The summed E-state index contributed by atoms with van der Waals surface area (Å²) in [6.45, 7) is 2.60. The Balaban J connectivity index is 1.96. The van der Waals surface area contributed by atoms with Crippen LogP contribution in [0.1, 0.15) is 50.2 Å². The van der Waals surface area contributed by atoms with E-state index < -0.39 is 5.41 Å². The molecule has 0 aromatic carbocycles. The third-order valence-electron chi connectivity index (χ3n) is 4.00. The Morgan fingerprint density at radius 2 is 2.11 bits per heavy atom. The van der Waals surface area contributed by atoms with Crippen LogP contribution in [-0.2, 0) is 11.3 Å². The van der Waals surface area contributed by atoms with Gasteiger partial charge in [-0.15, -0.1) is 0 Å². The first-order valence-electron chi connectivity index (χ1n) is 7.06. The van der Waals surface area contributed by atoms with Gasteiger partial charge in [0.25, 0.3) is 0 Å². The number of hydrogen-bond acceptors (Lipinski definition) is 4. The molecule has 5 nitrogen and oxygen atoms in total. The molecule has 1 aliphatic rings. The normalized spacial score (nSPS) is 18.8. The van der Waals surface area contributed by atoms with Crippen molar-refractivity contribution >= 4 is 5.91 Å². The number of carbonyl (C=O) groups excluding carboxylic acids is 1. The highest BCUT2D eigenvalue weighted by molar-refractivity contribution is 5.82. The van der Waals surface area contributed by atoms with E-state index in [0.29, 0.717) is 19.0 Å². The van der Waals surface area contributed by atoms with Gasteiger partial charge in [-0.2, -0.15) is 0 Å². The fraction of sp³-hybridized carbons (Fsp3) is 0.714. The zero-order chi connectivity index (χ0) is 13.7. The van der Waals surface area contributed by atoms with Crippen molar-refractivity contribution < 1.29 is 9.21 Å². The Bertz CT molecular complexity index is 420. The first-order valence-corrected chi connectivity index (χ1v) is 7.06. The van der Waals surface area contributed by atoms with Crippen molar-refractivity contribution in [3.05, 3.63) is 17.8 Å². The van der Waals surface area contributed by atoms with Crippen LogP contribution in [0.3, 0.4) is 0 Å². The molecule has 5 heteroatoms. The summed E-state index contributed by atoms with van der Waals surface area (Å²) in [7, 11) is 0. The summed E-state index contributed by atoms with van der Waals surface area (Å²) in [6.07, 6.45) is 8.01. The zero-order valence-electron chi connectivity index (χ0n) is 11.6. The predicted molar refractivity (Wildman–Crippen MR) is 72.3 cm³/mol. The lowest BCUT2D eigenvalue weighted by molar-refractivity contribution is -0.131. The molecule has 1 heterocycles. The largest absolute Gasteiger partial charge is 0.444 e. The van der Waals surface area contributed by atoms with Crippen LogP contribution in [0.15, 0.2) is 10.6 Å². The van der Waals surface area contributed by atoms with E-state index in [2.05, 4.69) is 10.3 Å². The van der Waals surface area contributed by atoms with Gasteiger partial charge >= 0.3 is 0 Å². The molecule has 0 radical (unpaired) electrons. The summed E-state index contributed by atoms with van der Waals surface area (Å²) in [5.74, 6) is 1.35. The van der Waals surface area contributed by atoms with Gasteiger partial charge in [0.1, 0.15) is 5.76 Å². The quantitative estimate of drug-likeness (QED) is 0.815. The second kappa shape index (κ2) is 6.19. The first kappa shape index (κ1) is 14.1. The molecule has 0 spiro atoms.